The summed E-state index contributed by atoms with van der Waals surface area (Å²) in [5.74, 6) is -2.65. The number of esters is 2. The highest BCUT2D eigenvalue weighted by Crippen LogP contribution is 2.61. The fraction of sp³-hybridized carbons (Fsp3) is 0.840. The molecule has 0 aromatic carbocycles. The highest BCUT2D eigenvalue weighted by atomic mass is 16.8. The summed E-state index contributed by atoms with van der Waals surface area (Å²) in [5.41, 5.74) is -3.43. The average molecular weight is 467 g/mol. The summed E-state index contributed by atoms with van der Waals surface area (Å²) < 4.78 is 30.5. The molecule has 0 spiro atoms. The van der Waals surface area contributed by atoms with Crippen LogP contribution in [0.3, 0.4) is 0 Å². The van der Waals surface area contributed by atoms with Crippen LogP contribution in [-0.2, 0) is 33.3 Å². The summed E-state index contributed by atoms with van der Waals surface area (Å²) in [5, 5.41) is 12.2. The van der Waals surface area contributed by atoms with Crippen molar-refractivity contribution in [3.05, 3.63) is 11.6 Å². The van der Waals surface area contributed by atoms with Crippen LogP contribution in [0.25, 0.3) is 0 Å². The van der Waals surface area contributed by atoms with E-state index in [1.807, 2.05) is 20.8 Å². The highest BCUT2D eigenvalue weighted by molar-refractivity contribution is 5.87. The monoisotopic (exact) mass is 466 g/mol. The van der Waals surface area contributed by atoms with Crippen LogP contribution in [0, 0.1) is 17.8 Å². The molecule has 2 saturated carbocycles. The molecule has 4 rings (SSSR count). The zero-order chi connectivity index (χ0) is 24.6. The molecular formula is C25H38O8. The van der Waals surface area contributed by atoms with E-state index in [-0.39, 0.29) is 23.7 Å². The number of hydrogen-bond acceptors (Lipinski definition) is 8. The Labute approximate surface area is 195 Å². The van der Waals surface area contributed by atoms with Crippen molar-refractivity contribution in [3.8, 4) is 0 Å². The maximum Gasteiger partial charge on any atom is 0.341 e. The number of ether oxygens (including phenoxy) is 5. The molecule has 9 atom stereocenters. The maximum atomic E-state index is 13.2. The molecule has 4 fully saturated rings. The van der Waals surface area contributed by atoms with Gasteiger partial charge in [0.15, 0.2) is 17.0 Å². The van der Waals surface area contributed by atoms with Crippen LogP contribution < -0.4 is 0 Å². The quantitative estimate of drug-likeness (QED) is 0.499. The molecule has 1 N–H and O–H groups in total. The van der Waals surface area contributed by atoms with Crippen molar-refractivity contribution in [3.63, 3.8) is 0 Å². The smallest absolute Gasteiger partial charge is 0.341 e. The van der Waals surface area contributed by atoms with Crippen LogP contribution in [0.4, 0.5) is 0 Å². The summed E-state index contributed by atoms with van der Waals surface area (Å²) in [6.45, 7) is 15.0. The summed E-state index contributed by atoms with van der Waals surface area (Å²) in [7, 11) is 0. The second-order valence-electron chi connectivity index (χ2n) is 10.9. The lowest BCUT2D eigenvalue weighted by Gasteiger charge is -2.53. The van der Waals surface area contributed by atoms with Crippen molar-refractivity contribution in [2.75, 3.05) is 6.61 Å². The minimum absolute atomic E-state index is 0.127. The Balaban J connectivity index is 1.80. The van der Waals surface area contributed by atoms with Crippen molar-refractivity contribution in [2.45, 2.75) is 109 Å². The topological polar surface area (TPSA) is 101 Å². The van der Waals surface area contributed by atoms with Gasteiger partial charge in [-0.25, -0.2) is 9.59 Å². The third-order valence-corrected chi connectivity index (χ3v) is 8.54. The van der Waals surface area contributed by atoms with Crippen LogP contribution in [0.2, 0.25) is 0 Å². The Kier molecular flexibility index (Phi) is 5.80. The molecule has 4 aliphatic rings. The first-order valence-corrected chi connectivity index (χ1v) is 12.0. The van der Waals surface area contributed by atoms with Gasteiger partial charge in [-0.15, -0.1) is 0 Å². The molecule has 2 heterocycles. The van der Waals surface area contributed by atoms with Crippen LogP contribution >= 0.6 is 0 Å². The molecule has 8 heteroatoms. The highest BCUT2D eigenvalue weighted by Gasteiger charge is 2.79. The summed E-state index contributed by atoms with van der Waals surface area (Å²) >= 11 is 0. The predicted molar refractivity (Wildman–Crippen MR) is 118 cm³/mol. The Bertz CT molecular complexity index is 866. The molecule has 8 nitrogen and oxygen atoms in total. The van der Waals surface area contributed by atoms with Gasteiger partial charge in [-0.1, -0.05) is 13.0 Å². The van der Waals surface area contributed by atoms with Crippen molar-refractivity contribution in [1.29, 1.82) is 0 Å². The lowest BCUT2D eigenvalue weighted by Crippen LogP contribution is -2.72. The molecule has 2 aliphatic carbocycles. The Morgan fingerprint density at radius 2 is 1.94 bits per heavy atom. The number of carbonyl (C=O) groups is 2. The third-order valence-electron chi connectivity index (χ3n) is 8.54. The van der Waals surface area contributed by atoms with E-state index in [0.717, 1.165) is 0 Å². The number of fused-ring (bicyclic) bond motifs is 2. The van der Waals surface area contributed by atoms with E-state index in [0.29, 0.717) is 25.0 Å². The van der Waals surface area contributed by atoms with Gasteiger partial charge in [0.2, 0.25) is 0 Å². The molecule has 0 unspecified atom stereocenters. The lowest BCUT2D eigenvalue weighted by molar-refractivity contribution is -0.384. The fourth-order valence-electron chi connectivity index (χ4n) is 6.78. The van der Waals surface area contributed by atoms with Gasteiger partial charge < -0.3 is 28.8 Å². The maximum absolute atomic E-state index is 13.2. The van der Waals surface area contributed by atoms with Gasteiger partial charge in [0.05, 0.1) is 11.7 Å². The fourth-order valence-corrected chi connectivity index (χ4v) is 6.78. The first-order chi connectivity index (χ1) is 15.2. The number of hydrogen-bond donors (Lipinski definition) is 1. The van der Waals surface area contributed by atoms with E-state index in [4.69, 9.17) is 23.7 Å². The van der Waals surface area contributed by atoms with E-state index in [1.165, 1.54) is 0 Å². The summed E-state index contributed by atoms with van der Waals surface area (Å²) in [6.07, 6.45) is 0.626. The van der Waals surface area contributed by atoms with E-state index in [2.05, 4.69) is 0 Å². The first kappa shape index (κ1) is 24.6. The minimum Gasteiger partial charge on any atom is -0.459 e. The summed E-state index contributed by atoms with van der Waals surface area (Å²) in [6, 6.07) is 0. The van der Waals surface area contributed by atoms with E-state index in [1.54, 1.807) is 40.7 Å². The molecule has 33 heavy (non-hydrogen) atoms. The Hall–Kier alpha value is -1.48. The van der Waals surface area contributed by atoms with Gasteiger partial charge in [-0.2, -0.15) is 0 Å². The van der Waals surface area contributed by atoms with E-state index >= 15 is 0 Å². The second kappa shape index (κ2) is 7.77. The zero-order valence-corrected chi connectivity index (χ0v) is 21.0. The van der Waals surface area contributed by atoms with Crippen LogP contribution in [0.5, 0.6) is 0 Å². The van der Waals surface area contributed by atoms with Crippen molar-refractivity contribution in [1.82, 2.24) is 0 Å². The summed E-state index contributed by atoms with van der Waals surface area (Å²) in [4.78, 5) is 25.7. The van der Waals surface area contributed by atoms with Crippen molar-refractivity contribution >= 4 is 11.9 Å². The van der Waals surface area contributed by atoms with Crippen LogP contribution in [0.15, 0.2) is 11.6 Å². The van der Waals surface area contributed by atoms with Gasteiger partial charge in [0, 0.05) is 24.5 Å². The minimum atomic E-state index is -1.70. The zero-order valence-electron chi connectivity index (χ0n) is 21.0. The molecule has 0 aromatic heterocycles. The molecule has 0 radical (unpaired) electrons. The number of carbonyl (C=O) groups excluding carboxylic acids is 2. The molecule has 0 bridgehead atoms. The normalized spacial score (nSPS) is 48.5. The van der Waals surface area contributed by atoms with Gasteiger partial charge in [0.1, 0.15) is 12.2 Å². The predicted octanol–water partition coefficient (Wildman–Crippen LogP) is 2.90. The largest absolute Gasteiger partial charge is 0.459 e. The van der Waals surface area contributed by atoms with Gasteiger partial charge in [-0.05, 0) is 66.7 Å². The van der Waals surface area contributed by atoms with Crippen LogP contribution in [-0.4, -0.2) is 64.6 Å². The number of allylic oxidation sites excluding steroid dienone is 1. The first-order valence-electron chi connectivity index (χ1n) is 12.0. The molecule has 2 aliphatic heterocycles. The van der Waals surface area contributed by atoms with Crippen molar-refractivity contribution in [2.24, 2.45) is 17.8 Å². The Morgan fingerprint density at radius 3 is 2.55 bits per heavy atom. The molecule has 186 valence electrons. The van der Waals surface area contributed by atoms with Crippen molar-refractivity contribution < 1.29 is 38.4 Å². The number of aliphatic hydroxyl groups is 1. The van der Waals surface area contributed by atoms with Gasteiger partial charge in [-0.3, -0.25) is 0 Å². The van der Waals surface area contributed by atoms with E-state index < -0.39 is 46.9 Å². The number of rotatable bonds is 4. The molecule has 0 aromatic rings. The standard InChI is InChI=1S/C25H38O8/c1-9-13(3)20(26)30-16-11-15-18(14(16)4)19-25(28)17(12-23(15,7)29-10-2)32-22(5,6)33-24(25,8)21(27)31-19/h9,14-19,28H,10-12H2,1-8H3/b13-9-/t14-,15-,16+,17-,18+,19-,23-,24+,25+/m0/s1. The van der Waals surface area contributed by atoms with Gasteiger partial charge >= 0.3 is 11.9 Å². The second-order valence-corrected chi connectivity index (χ2v) is 10.9. The molecule has 2 saturated heterocycles. The average Bonchev–Trinajstić information content (AvgIpc) is 3.11. The SMILES string of the molecule is C/C=C(/C)C(=O)O[C@@H]1C[C@H]2[C@@H]([C@H]1C)[C@@H]1OC(=O)[C@@]3(C)OC(C)(C)O[C@@H](C[C@]2(C)OCC)[C@@]13O. The lowest BCUT2D eigenvalue weighted by atomic mass is 9.71. The molecule has 0 amide bonds. The molecular weight excluding hydrogens is 428 g/mol. The third kappa shape index (κ3) is 3.39. The van der Waals surface area contributed by atoms with Crippen LogP contribution in [0.1, 0.15) is 68.2 Å². The van der Waals surface area contributed by atoms with Gasteiger partial charge in [0.25, 0.3) is 0 Å². The van der Waals surface area contributed by atoms with E-state index in [9.17, 15) is 14.7 Å². The Morgan fingerprint density at radius 1 is 1.27 bits per heavy atom.